The molecule has 29 heavy (non-hydrogen) atoms. The van der Waals surface area contributed by atoms with E-state index in [9.17, 15) is 4.79 Å². The van der Waals surface area contributed by atoms with E-state index in [0.29, 0.717) is 33.7 Å². The van der Waals surface area contributed by atoms with Gasteiger partial charge in [0.2, 0.25) is 0 Å². The van der Waals surface area contributed by atoms with Gasteiger partial charge in [-0.2, -0.15) is 0 Å². The van der Waals surface area contributed by atoms with Gasteiger partial charge in [-0.3, -0.25) is 4.79 Å². The van der Waals surface area contributed by atoms with Crippen LogP contribution in [0, 0.1) is 5.92 Å². The molecule has 0 aliphatic heterocycles. The van der Waals surface area contributed by atoms with E-state index in [4.69, 9.17) is 20.2 Å². The highest BCUT2D eigenvalue weighted by molar-refractivity contribution is 7.21. The Morgan fingerprint density at radius 2 is 2.14 bits per heavy atom. The molecular weight excluding hydrogens is 386 g/mol. The fraction of sp³-hybridized carbons (Fsp3) is 0.364. The number of methoxy groups -OCH3 is 2. The normalized spacial score (nSPS) is 15.8. The van der Waals surface area contributed by atoms with E-state index in [1.54, 1.807) is 32.4 Å². The first-order valence-electron chi connectivity index (χ1n) is 9.78. The standard InChI is InChI=1S/C22H25N3O3S/c1-4-12-5-7-16-13(9-12)10-15-19(23)20(29-22(15)25-16)21(26)24-17-8-6-14(27-2)11-18(17)28-3/h6,8,10-12H,4-5,7,9,23H2,1-3H3,(H,24,26)/t12-/m0/s1. The third-order valence-electron chi connectivity index (χ3n) is 5.63. The number of rotatable bonds is 5. The Balaban J connectivity index is 1.66. The molecule has 0 bridgehead atoms. The summed E-state index contributed by atoms with van der Waals surface area (Å²) in [5.41, 5.74) is 9.83. The van der Waals surface area contributed by atoms with Crippen LogP contribution in [0.4, 0.5) is 11.4 Å². The lowest BCUT2D eigenvalue weighted by Crippen LogP contribution is -2.14. The molecule has 1 aliphatic carbocycles. The quantitative estimate of drug-likeness (QED) is 0.637. The number of hydrogen-bond donors (Lipinski definition) is 2. The van der Waals surface area contributed by atoms with E-state index in [0.717, 1.165) is 28.8 Å². The second-order valence-corrected chi connectivity index (χ2v) is 8.33. The maximum Gasteiger partial charge on any atom is 0.268 e. The second-order valence-electron chi connectivity index (χ2n) is 7.33. The van der Waals surface area contributed by atoms with Crippen LogP contribution in [0.1, 0.15) is 40.7 Å². The van der Waals surface area contributed by atoms with E-state index < -0.39 is 0 Å². The van der Waals surface area contributed by atoms with E-state index >= 15 is 0 Å². The molecular formula is C22H25N3O3S. The fourth-order valence-corrected chi connectivity index (χ4v) is 4.86. The number of nitrogens with two attached hydrogens (primary N) is 1. The predicted octanol–water partition coefficient (Wildman–Crippen LogP) is 4.66. The van der Waals surface area contributed by atoms with Gasteiger partial charge in [-0.05, 0) is 48.9 Å². The highest BCUT2D eigenvalue weighted by Crippen LogP contribution is 2.38. The lowest BCUT2D eigenvalue weighted by molar-refractivity contribution is 0.103. The van der Waals surface area contributed by atoms with Crippen LogP contribution in [-0.2, 0) is 12.8 Å². The number of carbonyl (C=O) groups excluding carboxylic acids is 1. The van der Waals surface area contributed by atoms with E-state index in [2.05, 4.69) is 18.3 Å². The minimum Gasteiger partial charge on any atom is -0.497 e. The van der Waals surface area contributed by atoms with Gasteiger partial charge in [0.25, 0.3) is 5.91 Å². The predicted molar refractivity (Wildman–Crippen MR) is 117 cm³/mol. The number of benzene rings is 1. The SMILES string of the molecule is CC[C@H]1CCc2nc3sc(C(=O)Nc4ccc(OC)cc4OC)c(N)c3cc2C1. The van der Waals surface area contributed by atoms with Crippen molar-refractivity contribution in [1.82, 2.24) is 4.98 Å². The van der Waals surface area contributed by atoms with Gasteiger partial charge in [0.05, 0.1) is 25.6 Å². The molecule has 2 aromatic heterocycles. The Morgan fingerprint density at radius 1 is 1.31 bits per heavy atom. The van der Waals surface area contributed by atoms with Crippen LogP contribution in [0.5, 0.6) is 11.5 Å². The summed E-state index contributed by atoms with van der Waals surface area (Å²) < 4.78 is 10.6. The van der Waals surface area contributed by atoms with Crippen LogP contribution < -0.4 is 20.5 Å². The molecule has 0 fully saturated rings. The molecule has 0 unspecified atom stereocenters. The van der Waals surface area contributed by atoms with Crippen molar-refractivity contribution in [3.05, 3.63) is 40.4 Å². The summed E-state index contributed by atoms with van der Waals surface area (Å²) in [7, 11) is 3.14. The van der Waals surface area contributed by atoms with Crippen molar-refractivity contribution in [3.63, 3.8) is 0 Å². The zero-order valence-electron chi connectivity index (χ0n) is 16.9. The number of carbonyl (C=O) groups is 1. The number of anilines is 2. The minimum absolute atomic E-state index is 0.265. The lowest BCUT2D eigenvalue weighted by atomic mass is 9.85. The van der Waals surface area contributed by atoms with Gasteiger partial charge in [-0.25, -0.2) is 4.98 Å². The lowest BCUT2D eigenvalue weighted by Gasteiger charge is -2.22. The molecule has 2 heterocycles. The zero-order valence-corrected chi connectivity index (χ0v) is 17.7. The molecule has 1 aromatic carbocycles. The summed E-state index contributed by atoms with van der Waals surface area (Å²) in [5, 5.41) is 3.77. The van der Waals surface area contributed by atoms with Gasteiger partial charge >= 0.3 is 0 Å². The smallest absolute Gasteiger partial charge is 0.268 e. The van der Waals surface area contributed by atoms with Crippen molar-refractivity contribution in [1.29, 1.82) is 0 Å². The molecule has 3 aromatic rings. The van der Waals surface area contributed by atoms with Gasteiger partial charge in [-0.15, -0.1) is 11.3 Å². The average Bonchev–Trinajstić information content (AvgIpc) is 3.07. The molecule has 0 spiro atoms. The van der Waals surface area contributed by atoms with Crippen molar-refractivity contribution < 1.29 is 14.3 Å². The Morgan fingerprint density at radius 3 is 2.86 bits per heavy atom. The molecule has 6 nitrogen and oxygen atoms in total. The van der Waals surface area contributed by atoms with Crippen LogP contribution in [0.2, 0.25) is 0 Å². The molecule has 152 valence electrons. The Bertz CT molecular complexity index is 1080. The summed E-state index contributed by atoms with van der Waals surface area (Å²) in [6, 6.07) is 7.38. The van der Waals surface area contributed by atoms with Crippen molar-refractivity contribution in [2.75, 3.05) is 25.3 Å². The summed E-state index contributed by atoms with van der Waals surface area (Å²) in [6.07, 6.45) is 4.38. The van der Waals surface area contributed by atoms with Crippen molar-refractivity contribution in [2.45, 2.75) is 32.6 Å². The molecule has 7 heteroatoms. The molecule has 0 radical (unpaired) electrons. The van der Waals surface area contributed by atoms with Crippen LogP contribution in [-0.4, -0.2) is 25.1 Å². The van der Waals surface area contributed by atoms with Gasteiger partial charge < -0.3 is 20.5 Å². The molecule has 4 rings (SSSR count). The number of aromatic nitrogens is 1. The first kappa shape index (κ1) is 19.5. The summed E-state index contributed by atoms with van der Waals surface area (Å²) in [4.78, 5) is 19.1. The maximum atomic E-state index is 13.0. The topological polar surface area (TPSA) is 86.5 Å². The van der Waals surface area contributed by atoms with Crippen LogP contribution in [0.15, 0.2) is 24.3 Å². The van der Waals surface area contributed by atoms with Gasteiger partial charge in [-0.1, -0.05) is 13.3 Å². The first-order valence-corrected chi connectivity index (χ1v) is 10.6. The van der Waals surface area contributed by atoms with Crippen molar-refractivity contribution >= 4 is 38.8 Å². The number of hydrogen-bond acceptors (Lipinski definition) is 6. The van der Waals surface area contributed by atoms with Crippen molar-refractivity contribution in [2.24, 2.45) is 5.92 Å². The number of aryl methyl sites for hydroxylation is 1. The fourth-order valence-electron chi connectivity index (χ4n) is 3.86. The van der Waals surface area contributed by atoms with Crippen molar-refractivity contribution in [3.8, 4) is 11.5 Å². The van der Waals surface area contributed by atoms with Crippen LogP contribution in [0.25, 0.3) is 10.2 Å². The number of pyridine rings is 1. The van der Waals surface area contributed by atoms with E-state index in [1.807, 2.05) is 0 Å². The van der Waals surface area contributed by atoms with Crippen LogP contribution >= 0.6 is 11.3 Å². The first-order chi connectivity index (χ1) is 14.0. The molecule has 1 amide bonds. The Kier molecular flexibility index (Phi) is 5.32. The highest BCUT2D eigenvalue weighted by Gasteiger charge is 2.23. The number of nitrogen functional groups attached to an aromatic ring is 1. The van der Waals surface area contributed by atoms with E-state index in [-0.39, 0.29) is 5.91 Å². The number of thiophene rings is 1. The number of nitrogens with zero attached hydrogens (tertiary/aromatic N) is 1. The molecule has 3 N–H and O–H groups in total. The summed E-state index contributed by atoms with van der Waals surface area (Å²) >= 11 is 1.34. The monoisotopic (exact) mass is 411 g/mol. The Labute approximate surface area is 174 Å². The minimum atomic E-state index is -0.265. The molecule has 1 atom stereocenters. The van der Waals surface area contributed by atoms with E-state index in [1.165, 1.54) is 29.7 Å². The second kappa shape index (κ2) is 7.91. The Hall–Kier alpha value is -2.80. The summed E-state index contributed by atoms with van der Waals surface area (Å²) in [6.45, 7) is 2.23. The average molecular weight is 412 g/mol. The number of nitrogens with one attached hydrogen (secondary N) is 1. The summed E-state index contributed by atoms with van der Waals surface area (Å²) in [5.74, 6) is 1.61. The largest absolute Gasteiger partial charge is 0.497 e. The number of amides is 1. The third kappa shape index (κ3) is 3.62. The van der Waals surface area contributed by atoms with Gasteiger partial charge in [0.1, 0.15) is 21.2 Å². The molecule has 1 aliphatic rings. The molecule has 0 saturated carbocycles. The van der Waals surface area contributed by atoms with Gasteiger partial charge in [0, 0.05) is 17.1 Å². The maximum absolute atomic E-state index is 13.0. The highest BCUT2D eigenvalue weighted by atomic mass is 32.1. The number of ether oxygens (including phenoxy) is 2. The van der Waals surface area contributed by atoms with Crippen LogP contribution in [0.3, 0.4) is 0 Å². The third-order valence-corrected chi connectivity index (χ3v) is 6.74. The van der Waals surface area contributed by atoms with Gasteiger partial charge in [0.15, 0.2) is 0 Å². The zero-order chi connectivity index (χ0) is 20.5. The molecule has 0 saturated heterocycles. The number of fused-ring (bicyclic) bond motifs is 2.